The molecule has 3 N–H and O–H groups in total. The summed E-state index contributed by atoms with van der Waals surface area (Å²) >= 11 is 1.54. The second kappa shape index (κ2) is 24.4. The average Bonchev–Trinajstić information content (AvgIpc) is 3.88. The van der Waals surface area contributed by atoms with Crippen molar-refractivity contribution in [3.8, 4) is 33.5 Å². The van der Waals surface area contributed by atoms with E-state index in [1.807, 2.05) is 60.5 Å². The minimum Gasteiger partial charge on any atom is -0.460 e. The van der Waals surface area contributed by atoms with Crippen LogP contribution in [0.5, 0.6) is 6.01 Å². The van der Waals surface area contributed by atoms with E-state index < -0.39 is 53.0 Å². The third kappa shape index (κ3) is 13.3. The van der Waals surface area contributed by atoms with Crippen LogP contribution in [0.3, 0.4) is 0 Å². The molecule has 4 atom stereocenters. The maximum absolute atomic E-state index is 14.9. The number of aliphatic hydroxyl groups excluding tert-OH is 1. The lowest BCUT2D eigenvalue weighted by Crippen LogP contribution is -2.59. The normalized spacial score (nSPS) is 20.0. The number of carbonyl (C=O) groups excluding carboxylic acids is 4. The molecule has 4 saturated heterocycles. The zero-order valence-corrected chi connectivity index (χ0v) is 48.8. The van der Waals surface area contributed by atoms with Crippen LogP contribution in [0.1, 0.15) is 88.6 Å². The predicted molar refractivity (Wildman–Crippen MR) is 316 cm³/mol. The van der Waals surface area contributed by atoms with Crippen LogP contribution in [-0.2, 0) is 23.9 Å². The Hall–Kier alpha value is -7.49. The molecular weight excluding hydrogens is 1080 g/mol. The van der Waals surface area contributed by atoms with E-state index in [2.05, 4.69) is 79.7 Å². The number of likely N-dealkylation sites (tertiary alicyclic amines) is 1. The van der Waals surface area contributed by atoms with Gasteiger partial charge in [-0.05, 0) is 86.1 Å². The van der Waals surface area contributed by atoms with Crippen molar-refractivity contribution in [3.05, 3.63) is 113 Å². The van der Waals surface area contributed by atoms with Crippen LogP contribution in [0, 0.1) is 19.3 Å². The summed E-state index contributed by atoms with van der Waals surface area (Å²) in [5.74, 6) is -0.478. The van der Waals surface area contributed by atoms with Gasteiger partial charge in [0.05, 0.1) is 47.1 Å². The number of alkyl halides is 1. The predicted octanol–water partition coefficient (Wildman–Crippen LogP) is 7.24. The number of anilines is 3. The number of hydrogen-bond acceptors (Lipinski definition) is 15. The molecule has 5 fully saturated rings. The van der Waals surface area contributed by atoms with Gasteiger partial charge in [-0.2, -0.15) is 15.1 Å². The molecule has 0 unspecified atom stereocenters. The van der Waals surface area contributed by atoms with Gasteiger partial charge >= 0.3 is 6.01 Å². The highest BCUT2D eigenvalue weighted by atomic mass is 32.1. The number of nitrogens with zero attached hydrogens (tertiary/aromatic N) is 10. The van der Waals surface area contributed by atoms with Crippen LogP contribution in [0.2, 0.25) is 0 Å². The number of benzene rings is 3. The number of thiazole rings is 1. The van der Waals surface area contributed by atoms with Gasteiger partial charge in [0.15, 0.2) is 11.5 Å². The number of hydrogen-bond donors (Lipinski definition) is 3. The quantitative estimate of drug-likeness (QED) is 0.0825. The highest BCUT2D eigenvalue weighted by Gasteiger charge is 2.53. The van der Waals surface area contributed by atoms with Crippen LogP contribution in [-0.4, -0.2) is 165 Å². The molecule has 11 rings (SSSR count). The first-order chi connectivity index (χ1) is 39.9. The van der Waals surface area contributed by atoms with Crippen LogP contribution < -0.4 is 30.1 Å². The molecule has 4 amide bonds. The molecule has 438 valence electrons. The lowest BCUT2D eigenvalue weighted by molar-refractivity contribution is -0.145. The number of rotatable bonds is 17. The number of ether oxygens (including phenoxy) is 2. The van der Waals surface area contributed by atoms with Gasteiger partial charge in [0, 0.05) is 114 Å². The van der Waals surface area contributed by atoms with Crippen molar-refractivity contribution in [2.75, 3.05) is 86.8 Å². The Balaban J connectivity index is 0.692. The number of piperazine rings is 1. The topological polar surface area (TPSA) is 204 Å². The molecule has 0 bridgehead atoms. The molecule has 21 heteroatoms. The van der Waals surface area contributed by atoms with Crippen LogP contribution >= 0.6 is 11.3 Å². The number of aromatic nitrogens is 5. The Morgan fingerprint density at radius 2 is 1.51 bits per heavy atom. The molecule has 1 saturated carbocycles. The molecule has 1 aliphatic carbocycles. The lowest BCUT2D eigenvalue weighted by Gasteiger charge is -2.37. The summed E-state index contributed by atoms with van der Waals surface area (Å²) in [7, 11) is 0. The van der Waals surface area contributed by atoms with Crippen molar-refractivity contribution in [2.45, 2.75) is 116 Å². The fraction of sp³-hybridized carbons (Fsp3) is 0.484. The largest absolute Gasteiger partial charge is 0.460 e. The first-order valence-corrected chi connectivity index (χ1v) is 30.0. The zero-order valence-electron chi connectivity index (χ0n) is 48.0. The molecule has 3 aromatic heterocycles. The van der Waals surface area contributed by atoms with E-state index in [1.54, 1.807) is 42.3 Å². The highest BCUT2D eigenvalue weighted by molar-refractivity contribution is 7.13. The van der Waals surface area contributed by atoms with Crippen LogP contribution in [0.25, 0.3) is 27.5 Å². The summed E-state index contributed by atoms with van der Waals surface area (Å²) in [4.78, 5) is 80.9. The van der Waals surface area contributed by atoms with Gasteiger partial charge < -0.3 is 49.7 Å². The minimum absolute atomic E-state index is 0.0129. The van der Waals surface area contributed by atoms with Crippen molar-refractivity contribution in [3.63, 3.8) is 0 Å². The summed E-state index contributed by atoms with van der Waals surface area (Å²) in [6, 6.07) is 26.3. The molecular formula is C62H75FN12O7S. The molecule has 19 nitrogen and oxygen atoms in total. The van der Waals surface area contributed by atoms with E-state index in [0.29, 0.717) is 51.2 Å². The summed E-state index contributed by atoms with van der Waals surface area (Å²) in [5.41, 5.74) is 6.96. The fourth-order valence-corrected chi connectivity index (χ4v) is 12.4. The number of piperidine rings is 1. The maximum atomic E-state index is 14.9. The highest BCUT2D eigenvalue weighted by Crippen LogP contribution is 2.41. The minimum atomic E-state index is -2.00. The van der Waals surface area contributed by atoms with Gasteiger partial charge in [0.25, 0.3) is 5.91 Å². The molecule has 4 aliphatic heterocycles. The first kappa shape index (κ1) is 57.3. The van der Waals surface area contributed by atoms with Crippen molar-refractivity contribution >= 4 is 52.2 Å². The first-order valence-electron chi connectivity index (χ1n) is 29.1. The molecule has 0 radical (unpaired) electrons. The van der Waals surface area contributed by atoms with Gasteiger partial charge in [-0.15, -0.1) is 11.3 Å². The summed E-state index contributed by atoms with van der Waals surface area (Å²) in [6.45, 7) is 16.0. The number of halogens is 1. The molecule has 0 spiro atoms. The number of amides is 4. The molecule has 5 aliphatic rings. The monoisotopic (exact) mass is 1150 g/mol. The van der Waals surface area contributed by atoms with Crippen LogP contribution in [0.15, 0.2) is 96.6 Å². The SMILES string of the molecule is Cc1cccc(-c2ccn(-c3cc(N4CCOCC4)nc(OC4CCN(c5ccc(N6CCN(C(=O)CC[C@H](NC(=O)[C@@H]7C[C@@H](O)CN7C(=O)[C@@H](NC(=O)C7(F)CC7)C(C)(C)C)c7ccc(-c8scnc8C)cc7)CC6)cc5)CC4)n3)n2)c1. The van der Waals surface area contributed by atoms with Gasteiger partial charge in [-0.25, -0.2) is 14.1 Å². The third-order valence-corrected chi connectivity index (χ3v) is 17.7. The smallest absolute Gasteiger partial charge is 0.320 e. The molecule has 83 heavy (non-hydrogen) atoms. The Morgan fingerprint density at radius 3 is 2.16 bits per heavy atom. The molecule has 3 aromatic carbocycles. The number of carbonyl (C=O) groups is 4. The van der Waals surface area contributed by atoms with Gasteiger partial charge in [0.1, 0.15) is 24.0 Å². The van der Waals surface area contributed by atoms with E-state index in [0.717, 1.165) is 89.2 Å². The van der Waals surface area contributed by atoms with Crippen molar-refractivity contribution in [1.82, 2.24) is 45.2 Å². The third-order valence-electron chi connectivity index (χ3n) is 16.7. The van der Waals surface area contributed by atoms with E-state index in [4.69, 9.17) is 24.5 Å². The number of β-amino-alcohol motifs (C(OH)–C–C–N with tert-alkyl or cyclic N) is 1. The zero-order chi connectivity index (χ0) is 58.0. The van der Waals surface area contributed by atoms with Gasteiger partial charge in [-0.3, -0.25) is 19.2 Å². The fourth-order valence-electron chi connectivity index (χ4n) is 11.6. The second-order valence-corrected chi connectivity index (χ2v) is 24.6. The summed E-state index contributed by atoms with van der Waals surface area (Å²) in [6.07, 6.45) is 3.11. The Labute approximate surface area is 488 Å². The van der Waals surface area contributed by atoms with E-state index in [9.17, 15) is 28.7 Å². The van der Waals surface area contributed by atoms with E-state index in [-0.39, 0.29) is 50.7 Å². The Morgan fingerprint density at radius 1 is 0.819 bits per heavy atom. The van der Waals surface area contributed by atoms with Gasteiger partial charge in [0.2, 0.25) is 17.7 Å². The lowest BCUT2D eigenvalue weighted by atomic mass is 9.85. The van der Waals surface area contributed by atoms with E-state index >= 15 is 0 Å². The standard InChI is InChI=1S/C62H75FN12O7S/c1-40-7-6-8-44(35-40)50-21-26-75(69-50)53-37-52(72-31-33-81-34-32-72)66-60(67-53)82-48-19-24-70(25-20-48)45-13-15-46(16-14-45)71-27-29-73(30-28-71)54(77)18-17-49(42-9-11-43(12-10-42)55-41(2)64-39-83-55)65-57(78)51-36-47(76)38-74(51)58(79)56(61(3,4)5)68-59(80)62(63)22-23-62/h6-16,21,26,35,37,39,47-49,51,56,76H,17-20,22-25,27-34,36,38H2,1-5H3,(H,65,78)(H,68,80)/t47-,49+,51+,56-/m1/s1. The average molecular weight is 1150 g/mol. The summed E-state index contributed by atoms with van der Waals surface area (Å²) < 4.78 is 28.9. The number of aliphatic hydroxyl groups is 1. The van der Waals surface area contributed by atoms with Gasteiger partial charge in [-0.1, -0.05) is 68.8 Å². The molecule has 6 aromatic rings. The van der Waals surface area contributed by atoms with E-state index in [1.165, 1.54) is 10.5 Å². The number of aryl methyl sites for hydroxylation is 2. The number of nitrogens with one attached hydrogen (secondary N) is 2. The maximum Gasteiger partial charge on any atom is 0.320 e. The van der Waals surface area contributed by atoms with Crippen molar-refractivity contribution in [1.29, 1.82) is 0 Å². The van der Waals surface area contributed by atoms with Crippen molar-refractivity contribution < 1.29 is 38.1 Å². The molecule has 7 heterocycles. The Bertz CT molecular complexity index is 3270. The van der Waals surface area contributed by atoms with Crippen LogP contribution in [0.4, 0.5) is 21.6 Å². The second-order valence-electron chi connectivity index (χ2n) is 23.8. The summed E-state index contributed by atoms with van der Waals surface area (Å²) in [5, 5.41) is 21.6. The number of morpholine rings is 1. The van der Waals surface area contributed by atoms with Crippen molar-refractivity contribution in [2.24, 2.45) is 5.41 Å². The Kier molecular flexibility index (Phi) is 16.8.